The number of aryl methyl sites for hydroxylation is 2. The van der Waals surface area contributed by atoms with E-state index in [1.165, 1.54) is 23.5 Å². The number of hydrogen-bond acceptors (Lipinski definition) is 5. The van der Waals surface area contributed by atoms with Gasteiger partial charge < -0.3 is 5.32 Å². The van der Waals surface area contributed by atoms with Crippen LogP contribution >= 0.6 is 11.3 Å². The Morgan fingerprint density at radius 3 is 2.79 bits per heavy atom. The van der Waals surface area contributed by atoms with Gasteiger partial charge in [0.25, 0.3) is 0 Å². The number of carbonyl (C=O) groups excluding carboxylic acids is 1. The number of benzene rings is 1. The second-order valence-corrected chi connectivity index (χ2v) is 7.23. The van der Waals surface area contributed by atoms with Crippen molar-refractivity contribution < 1.29 is 9.18 Å². The maximum Gasteiger partial charge on any atom is 0.226 e. The first kappa shape index (κ1) is 19.7. The number of anilines is 1. The quantitative estimate of drug-likeness (QED) is 0.646. The summed E-state index contributed by atoms with van der Waals surface area (Å²) in [4.78, 5) is 16.7. The summed E-state index contributed by atoms with van der Waals surface area (Å²) in [5.41, 5.74) is 4.42. The first-order valence-corrected chi connectivity index (χ1v) is 9.77. The van der Waals surface area contributed by atoms with E-state index < -0.39 is 0 Å². The first-order chi connectivity index (χ1) is 13.5. The lowest BCUT2D eigenvalue weighted by Gasteiger charge is -2.04. The fraction of sp³-hybridized carbons (Fsp3) is 0.300. The second kappa shape index (κ2) is 8.76. The number of nitriles is 1. The molecule has 3 rings (SSSR count). The molecule has 1 N–H and O–H groups in total. The van der Waals surface area contributed by atoms with Crippen molar-refractivity contribution >= 4 is 22.4 Å². The highest BCUT2D eigenvalue weighted by Gasteiger charge is 2.14. The summed E-state index contributed by atoms with van der Waals surface area (Å²) >= 11 is 1.33. The van der Waals surface area contributed by atoms with Gasteiger partial charge in [-0.3, -0.25) is 9.48 Å². The molecule has 0 bridgehead atoms. The average molecular weight is 397 g/mol. The molecular weight excluding hydrogens is 377 g/mol. The van der Waals surface area contributed by atoms with Gasteiger partial charge in [-0.15, -0.1) is 11.3 Å². The summed E-state index contributed by atoms with van der Waals surface area (Å²) in [5, 5.41) is 18.3. The van der Waals surface area contributed by atoms with Crippen molar-refractivity contribution in [3.8, 4) is 17.3 Å². The zero-order valence-electron chi connectivity index (χ0n) is 15.7. The summed E-state index contributed by atoms with van der Waals surface area (Å²) in [6.45, 7) is 4.43. The second-order valence-electron chi connectivity index (χ2n) is 6.37. The van der Waals surface area contributed by atoms with Gasteiger partial charge in [-0.1, -0.05) is 0 Å². The minimum atomic E-state index is -0.297. The molecule has 0 atom stereocenters. The first-order valence-electron chi connectivity index (χ1n) is 8.89. The van der Waals surface area contributed by atoms with Crippen LogP contribution in [0.15, 0.2) is 29.6 Å². The largest absolute Gasteiger partial charge is 0.302 e. The Hall–Kier alpha value is -3.05. The molecule has 1 amide bonds. The van der Waals surface area contributed by atoms with Gasteiger partial charge in [-0.25, -0.2) is 9.37 Å². The molecule has 2 heterocycles. The van der Waals surface area contributed by atoms with E-state index in [2.05, 4.69) is 21.5 Å². The topological polar surface area (TPSA) is 83.6 Å². The summed E-state index contributed by atoms with van der Waals surface area (Å²) in [5.74, 6) is -0.419. The molecule has 28 heavy (non-hydrogen) atoms. The highest BCUT2D eigenvalue weighted by atomic mass is 32.1. The molecule has 0 radical (unpaired) electrons. The molecule has 3 aromatic rings. The highest BCUT2D eigenvalue weighted by molar-refractivity contribution is 7.14. The number of hydrogen-bond donors (Lipinski definition) is 1. The summed E-state index contributed by atoms with van der Waals surface area (Å²) in [6.07, 6.45) is 1.30. The SMILES string of the molecule is Cc1nn(CCC#N)c(C)c1CCC(=O)Nc1nc(-c2ccc(F)cc2)cs1. The van der Waals surface area contributed by atoms with E-state index in [1.54, 1.807) is 12.1 Å². The van der Waals surface area contributed by atoms with Crippen LogP contribution in [0.2, 0.25) is 0 Å². The lowest BCUT2D eigenvalue weighted by atomic mass is 10.1. The minimum absolute atomic E-state index is 0.122. The van der Waals surface area contributed by atoms with Crippen molar-refractivity contribution in [2.75, 3.05) is 5.32 Å². The predicted octanol–water partition coefficient (Wildman–Crippen LogP) is 4.25. The molecule has 0 fully saturated rings. The number of rotatable bonds is 7. The Labute approximate surface area is 166 Å². The normalized spacial score (nSPS) is 10.6. The van der Waals surface area contributed by atoms with Gasteiger partial charge >= 0.3 is 0 Å². The minimum Gasteiger partial charge on any atom is -0.302 e. The summed E-state index contributed by atoms with van der Waals surface area (Å²) in [7, 11) is 0. The lowest BCUT2D eigenvalue weighted by Crippen LogP contribution is -2.12. The van der Waals surface area contributed by atoms with E-state index in [9.17, 15) is 9.18 Å². The average Bonchev–Trinajstić information content (AvgIpc) is 3.23. The highest BCUT2D eigenvalue weighted by Crippen LogP contribution is 2.25. The number of nitrogens with zero attached hydrogens (tertiary/aromatic N) is 4. The van der Waals surface area contributed by atoms with Gasteiger partial charge in [0.2, 0.25) is 5.91 Å². The van der Waals surface area contributed by atoms with Crippen LogP contribution in [0.25, 0.3) is 11.3 Å². The van der Waals surface area contributed by atoms with Crippen LogP contribution in [0, 0.1) is 31.0 Å². The van der Waals surface area contributed by atoms with E-state index in [0.29, 0.717) is 36.6 Å². The van der Waals surface area contributed by atoms with Gasteiger partial charge in [0.15, 0.2) is 5.13 Å². The van der Waals surface area contributed by atoms with E-state index in [0.717, 1.165) is 22.5 Å². The van der Waals surface area contributed by atoms with Crippen LogP contribution in [0.5, 0.6) is 0 Å². The van der Waals surface area contributed by atoms with E-state index >= 15 is 0 Å². The standard InChI is InChI=1S/C20H20FN5OS/c1-13-17(14(2)26(25-13)11-3-10-22)8-9-19(27)24-20-23-18(12-28-20)15-4-6-16(21)7-5-15/h4-7,12H,3,8-9,11H2,1-2H3,(H,23,24,27). The van der Waals surface area contributed by atoms with Crippen LogP contribution in [-0.2, 0) is 17.8 Å². The molecule has 0 saturated heterocycles. The molecular formula is C20H20FN5OS. The Morgan fingerprint density at radius 2 is 2.07 bits per heavy atom. The van der Waals surface area contributed by atoms with Crippen molar-refractivity contribution in [3.05, 3.63) is 52.4 Å². The molecule has 144 valence electrons. The molecule has 8 heteroatoms. The third-order valence-corrected chi connectivity index (χ3v) is 5.22. The van der Waals surface area contributed by atoms with Gasteiger partial charge in [0.05, 0.1) is 30.4 Å². The molecule has 2 aromatic heterocycles. The summed E-state index contributed by atoms with van der Waals surface area (Å²) < 4.78 is 14.8. The van der Waals surface area contributed by atoms with E-state index in [4.69, 9.17) is 5.26 Å². The molecule has 0 aliphatic heterocycles. The van der Waals surface area contributed by atoms with Gasteiger partial charge in [-0.2, -0.15) is 10.4 Å². The van der Waals surface area contributed by atoms with Crippen molar-refractivity contribution in [2.45, 2.75) is 39.7 Å². The number of amides is 1. The van der Waals surface area contributed by atoms with Gasteiger partial charge in [-0.05, 0) is 50.1 Å². The van der Waals surface area contributed by atoms with Crippen LogP contribution in [0.1, 0.15) is 29.8 Å². The number of thiazole rings is 1. The van der Waals surface area contributed by atoms with Crippen LogP contribution in [-0.4, -0.2) is 20.7 Å². The zero-order valence-corrected chi connectivity index (χ0v) is 16.5. The number of nitrogens with one attached hydrogen (secondary N) is 1. The van der Waals surface area contributed by atoms with Crippen molar-refractivity contribution in [1.29, 1.82) is 5.26 Å². The Morgan fingerprint density at radius 1 is 1.32 bits per heavy atom. The van der Waals surface area contributed by atoms with Crippen molar-refractivity contribution in [1.82, 2.24) is 14.8 Å². The molecule has 1 aromatic carbocycles. The van der Waals surface area contributed by atoms with Crippen molar-refractivity contribution in [2.24, 2.45) is 0 Å². The molecule has 6 nitrogen and oxygen atoms in total. The zero-order chi connectivity index (χ0) is 20.1. The van der Waals surface area contributed by atoms with E-state index in [-0.39, 0.29) is 11.7 Å². The predicted molar refractivity (Wildman–Crippen MR) is 106 cm³/mol. The fourth-order valence-electron chi connectivity index (χ4n) is 2.97. The van der Waals surface area contributed by atoms with Crippen LogP contribution in [0.3, 0.4) is 0 Å². The monoisotopic (exact) mass is 397 g/mol. The maximum absolute atomic E-state index is 13.0. The molecule has 0 aliphatic rings. The number of aromatic nitrogens is 3. The summed E-state index contributed by atoms with van der Waals surface area (Å²) in [6, 6.07) is 8.20. The number of halogens is 1. The van der Waals surface area contributed by atoms with Crippen molar-refractivity contribution in [3.63, 3.8) is 0 Å². The maximum atomic E-state index is 13.0. The van der Waals surface area contributed by atoms with E-state index in [1.807, 2.05) is 23.9 Å². The smallest absolute Gasteiger partial charge is 0.226 e. The molecule has 0 aliphatic carbocycles. The lowest BCUT2D eigenvalue weighted by molar-refractivity contribution is -0.116. The molecule has 0 unspecified atom stereocenters. The third kappa shape index (κ3) is 4.61. The third-order valence-electron chi connectivity index (χ3n) is 4.46. The van der Waals surface area contributed by atoms with Gasteiger partial charge in [0, 0.05) is 23.1 Å². The Bertz CT molecular complexity index is 1020. The van der Waals surface area contributed by atoms with Crippen LogP contribution in [0.4, 0.5) is 9.52 Å². The molecule has 0 spiro atoms. The van der Waals surface area contributed by atoms with Gasteiger partial charge in [0.1, 0.15) is 5.82 Å². The Kier molecular flexibility index (Phi) is 6.16. The Balaban J connectivity index is 1.59. The fourth-order valence-corrected chi connectivity index (χ4v) is 3.71. The number of carbonyl (C=O) groups is 1. The van der Waals surface area contributed by atoms with Crippen LogP contribution < -0.4 is 5.32 Å². The molecule has 0 saturated carbocycles.